The van der Waals surface area contributed by atoms with Crippen LogP contribution in [0.3, 0.4) is 0 Å². The molecular weight excluding hydrogens is 684 g/mol. The number of rotatable bonds is 11. The molecule has 2 amide bonds. The van der Waals surface area contributed by atoms with Gasteiger partial charge in [-0.1, -0.05) is 114 Å². The van der Waals surface area contributed by atoms with E-state index in [1.165, 1.54) is 5.19 Å². The predicted octanol–water partition coefficient (Wildman–Crippen LogP) is 6.63. The number of nitrogens with zero attached hydrogens (tertiary/aromatic N) is 2. The summed E-state index contributed by atoms with van der Waals surface area (Å²) in [6.07, 6.45) is -0.424. The Bertz CT molecular complexity index is 1750. The topological polar surface area (TPSA) is 79.3 Å². The van der Waals surface area contributed by atoms with E-state index in [9.17, 15) is 14.7 Å². The number of fused-ring (bicyclic) bond motifs is 2. The number of aliphatic hydroxyl groups is 1. The molecule has 2 heterocycles. The SMILES string of the molecule is COc1ccc([Si](C)(C)[C@@H]2[C@@H](CC(=O)N(CCO)Cc3ccccc3)O[C@]3(C(=O)N(Cc4ccccc4)c4ccc(Br)cc43)[C@H]2C)cc1. The van der Waals surface area contributed by atoms with Crippen LogP contribution in [0.1, 0.15) is 30.0 Å². The molecule has 1 N–H and O–H groups in total. The van der Waals surface area contributed by atoms with Gasteiger partial charge in [-0.15, -0.1) is 0 Å². The van der Waals surface area contributed by atoms with Gasteiger partial charge in [0.05, 0.1) is 46.5 Å². The second kappa shape index (κ2) is 14.0. The number of ether oxygens (including phenoxy) is 2. The Morgan fingerprint density at radius 3 is 2.25 bits per heavy atom. The first kappa shape index (κ1) is 34.1. The Balaban J connectivity index is 1.43. The van der Waals surface area contributed by atoms with Crippen molar-refractivity contribution in [2.24, 2.45) is 5.92 Å². The maximum atomic E-state index is 15.0. The highest BCUT2D eigenvalue weighted by Crippen LogP contribution is 2.60. The van der Waals surface area contributed by atoms with Crippen LogP contribution in [-0.4, -0.2) is 56.3 Å². The summed E-state index contributed by atoms with van der Waals surface area (Å²) in [7, 11) is -0.781. The van der Waals surface area contributed by atoms with E-state index in [4.69, 9.17) is 9.47 Å². The normalized spacial score (nSPS) is 21.8. The first-order valence-corrected chi connectivity index (χ1v) is 20.4. The fraction of sp³-hybridized carbons (Fsp3) is 0.333. The van der Waals surface area contributed by atoms with Gasteiger partial charge in [0.1, 0.15) is 5.75 Å². The number of carbonyl (C=O) groups excluding carboxylic acids is 2. The van der Waals surface area contributed by atoms with Crippen molar-refractivity contribution in [1.29, 1.82) is 0 Å². The van der Waals surface area contributed by atoms with E-state index in [1.54, 1.807) is 12.0 Å². The van der Waals surface area contributed by atoms with Gasteiger partial charge in [-0.2, -0.15) is 0 Å². The number of hydrogen-bond acceptors (Lipinski definition) is 5. The van der Waals surface area contributed by atoms with E-state index >= 15 is 0 Å². The summed E-state index contributed by atoms with van der Waals surface area (Å²) in [6.45, 7) is 7.64. The molecule has 1 saturated heterocycles. The summed E-state index contributed by atoms with van der Waals surface area (Å²) >= 11 is 3.68. The van der Waals surface area contributed by atoms with Crippen LogP contribution < -0.4 is 14.8 Å². The highest BCUT2D eigenvalue weighted by Gasteiger charge is 2.66. The van der Waals surface area contributed by atoms with Gasteiger partial charge in [0.25, 0.3) is 5.91 Å². The summed E-state index contributed by atoms with van der Waals surface area (Å²) in [5, 5.41) is 11.1. The quantitative estimate of drug-likeness (QED) is 0.176. The molecular formula is C39H43BrN2O5Si. The second-order valence-electron chi connectivity index (χ2n) is 13.4. The number of amides is 2. The Morgan fingerprint density at radius 2 is 1.62 bits per heavy atom. The van der Waals surface area contributed by atoms with E-state index in [0.29, 0.717) is 13.1 Å². The molecule has 1 fully saturated rings. The van der Waals surface area contributed by atoms with Crippen molar-refractivity contribution in [2.45, 2.75) is 56.8 Å². The van der Waals surface area contributed by atoms with Crippen LogP contribution in [0.25, 0.3) is 0 Å². The summed E-state index contributed by atoms with van der Waals surface area (Å²) < 4.78 is 13.5. The Kier molecular flexibility index (Phi) is 9.95. The molecule has 48 heavy (non-hydrogen) atoms. The lowest BCUT2D eigenvalue weighted by Gasteiger charge is -2.37. The molecule has 4 aromatic carbocycles. The number of halogens is 1. The van der Waals surface area contributed by atoms with E-state index < -0.39 is 19.8 Å². The summed E-state index contributed by atoms with van der Waals surface area (Å²) in [6, 6.07) is 34.0. The van der Waals surface area contributed by atoms with Crippen LogP contribution in [0.2, 0.25) is 18.6 Å². The molecule has 4 aromatic rings. The van der Waals surface area contributed by atoms with Crippen LogP contribution >= 0.6 is 15.9 Å². The molecule has 0 unspecified atom stereocenters. The number of methoxy groups -OCH3 is 1. The summed E-state index contributed by atoms with van der Waals surface area (Å²) in [5.74, 6) is 0.348. The van der Waals surface area contributed by atoms with Crippen molar-refractivity contribution < 1.29 is 24.2 Å². The van der Waals surface area contributed by atoms with Gasteiger partial charge in [0.2, 0.25) is 5.91 Å². The van der Waals surface area contributed by atoms with Crippen molar-refractivity contribution in [1.82, 2.24) is 4.90 Å². The lowest BCUT2D eigenvalue weighted by Crippen LogP contribution is -2.52. The van der Waals surface area contributed by atoms with Gasteiger partial charge in [-0.25, -0.2) is 0 Å². The van der Waals surface area contributed by atoms with Crippen molar-refractivity contribution >= 4 is 46.7 Å². The van der Waals surface area contributed by atoms with Crippen molar-refractivity contribution in [3.8, 4) is 5.75 Å². The molecule has 250 valence electrons. The minimum atomic E-state index is -2.44. The molecule has 6 rings (SSSR count). The molecule has 7 nitrogen and oxygen atoms in total. The molecule has 0 bridgehead atoms. The van der Waals surface area contributed by atoms with Crippen molar-refractivity contribution in [3.63, 3.8) is 0 Å². The average Bonchev–Trinajstić information content (AvgIpc) is 3.51. The molecule has 1 spiro atoms. The van der Waals surface area contributed by atoms with Crippen LogP contribution in [-0.2, 0) is 33.0 Å². The second-order valence-corrected chi connectivity index (χ2v) is 19.0. The molecule has 0 aliphatic carbocycles. The Labute approximate surface area is 292 Å². The first-order valence-electron chi connectivity index (χ1n) is 16.5. The fourth-order valence-electron chi connectivity index (χ4n) is 7.93. The van der Waals surface area contributed by atoms with E-state index in [2.05, 4.69) is 48.1 Å². The lowest BCUT2D eigenvalue weighted by atomic mass is 9.82. The number of hydrogen-bond donors (Lipinski definition) is 1. The standard InChI is InChI=1S/C39H43BrN2O5Si/c1-27-37(48(3,4)32-18-16-31(46-2)17-19-32)35(24-36(44)41(21-22-43)25-28-11-7-5-8-12-28)47-39(27)33-23-30(40)15-20-34(33)42(38(39)45)26-29-13-9-6-10-14-29/h5-20,23,27,35,37,43H,21-22,24-26H2,1-4H3/t27-,35+,37-,39+/m0/s1. The fourth-order valence-corrected chi connectivity index (χ4v) is 12.3. The third-order valence-electron chi connectivity index (χ3n) is 10.3. The zero-order valence-corrected chi connectivity index (χ0v) is 30.5. The van der Waals surface area contributed by atoms with Crippen LogP contribution in [0.5, 0.6) is 5.75 Å². The minimum Gasteiger partial charge on any atom is -0.497 e. The van der Waals surface area contributed by atoms with E-state index in [-0.39, 0.29) is 42.8 Å². The maximum Gasteiger partial charge on any atom is 0.264 e. The minimum absolute atomic E-state index is 0.0880. The lowest BCUT2D eigenvalue weighted by molar-refractivity contribution is -0.150. The Hall–Kier alpha value is -3.76. The highest BCUT2D eigenvalue weighted by atomic mass is 79.9. The van der Waals surface area contributed by atoms with Crippen LogP contribution in [0.15, 0.2) is 108 Å². The van der Waals surface area contributed by atoms with Gasteiger partial charge in [0.15, 0.2) is 5.60 Å². The molecule has 4 atom stereocenters. The van der Waals surface area contributed by atoms with Crippen molar-refractivity contribution in [3.05, 3.63) is 124 Å². The van der Waals surface area contributed by atoms with Crippen LogP contribution in [0, 0.1) is 5.92 Å². The first-order chi connectivity index (χ1) is 23.1. The number of carbonyl (C=O) groups is 2. The van der Waals surface area contributed by atoms with Gasteiger partial charge < -0.3 is 24.4 Å². The molecule has 0 aromatic heterocycles. The number of anilines is 1. The third kappa shape index (κ3) is 6.25. The third-order valence-corrected chi connectivity index (χ3v) is 15.1. The van der Waals surface area contributed by atoms with Gasteiger partial charge in [-0.05, 0) is 47.0 Å². The van der Waals surface area contributed by atoms with Crippen molar-refractivity contribution in [2.75, 3.05) is 25.2 Å². The van der Waals surface area contributed by atoms with E-state index in [1.807, 2.05) is 95.9 Å². The van der Waals surface area contributed by atoms with E-state index in [0.717, 1.165) is 32.6 Å². The largest absolute Gasteiger partial charge is 0.497 e. The maximum absolute atomic E-state index is 15.0. The monoisotopic (exact) mass is 726 g/mol. The average molecular weight is 728 g/mol. The van der Waals surface area contributed by atoms with Gasteiger partial charge in [-0.3, -0.25) is 9.59 Å². The van der Waals surface area contributed by atoms with Gasteiger partial charge >= 0.3 is 0 Å². The molecule has 0 radical (unpaired) electrons. The smallest absolute Gasteiger partial charge is 0.264 e. The zero-order valence-electron chi connectivity index (χ0n) is 27.9. The number of aliphatic hydroxyl groups excluding tert-OH is 1. The van der Waals surface area contributed by atoms with Gasteiger partial charge in [0, 0.05) is 29.0 Å². The number of benzene rings is 4. The zero-order chi connectivity index (χ0) is 34.1. The van der Waals surface area contributed by atoms with Crippen LogP contribution in [0.4, 0.5) is 5.69 Å². The molecule has 2 aliphatic rings. The summed E-state index contributed by atoms with van der Waals surface area (Å²) in [5.41, 5.74) is 2.33. The molecule has 9 heteroatoms. The predicted molar refractivity (Wildman–Crippen MR) is 195 cm³/mol. The highest BCUT2D eigenvalue weighted by molar-refractivity contribution is 9.10. The Morgan fingerprint density at radius 1 is 0.979 bits per heavy atom. The molecule has 0 saturated carbocycles. The molecule has 2 aliphatic heterocycles. The summed E-state index contributed by atoms with van der Waals surface area (Å²) in [4.78, 5) is 32.7.